The Labute approximate surface area is 241 Å². The van der Waals surface area contributed by atoms with Crippen molar-refractivity contribution in [1.82, 2.24) is 0 Å². The molecule has 3 aromatic carbocycles. The minimum absolute atomic E-state index is 0.149. The van der Waals surface area contributed by atoms with E-state index in [1.165, 1.54) is 43.5 Å². The van der Waals surface area contributed by atoms with Gasteiger partial charge in [0.05, 0.1) is 30.0 Å². The molecule has 0 amide bonds. The number of hydrogen-bond acceptors (Lipinski definition) is 11. The third kappa shape index (κ3) is 8.95. The molecule has 12 heteroatoms. The summed E-state index contributed by atoms with van der Waals surface area (Å²) in [7, 11) is 3.11. The maximum atomic E-state index is 12.8. The van der Waals surface area contributed by atoms with Crippen molar-refractivity contribution < 1.29 is 33.5 Å². The van der Waals surface area contributed by atoms with Crippen LogP contribution in [0.3, 0.4) is 0 Å². The summed E-state index contributed by atoms with van der Waals surface area (Å²) in [5.74, 6) is -1.76. The number of nitro benzene ring substituents is 1. The van der Waals surface area contributed by atoms with Crippen LogP contribution in [0.1, 0.15) is 22.8 Å². The van der Waals surface area contributed by atoms with Crippen molar-refractivity contribution in [3.63, 3.8) is 0 Å². The van der Waals surface area contributed by atoms with Crippen LogP contribution in [0.15, 0.2) is 95.2 Å². The summed E-state index contributed by atoms with van der Waals surface area (Å²) in [5.41, 5.74) is 1.81. The Morgan fingerprint density at radius 1 is 1.00 bits per heavy atom. The first-order valence-electron chi connectivity index (χ1n) is 12.5. The highest BCUT2D eigenvalue weighted by atomic mass is 16.6. The number of rotatable bonds is 12. The lowest BCUT2D eigenvalue weighted by Crippen LogP contribution is -2.23. The number of ether oxygens (including phenoxy) is 3. The Morgan fingerprint density at radius 3 is 2.26 bits per heavy atom. The first-order chi connectivity index (χ1) is 20.1. The third-order valence-corrected chi connectivity index (χ3v) is 5.68. The van der Waals surface area contributed by atoms with Crippen LogP contribution >= 0.6 is 0 Å². The van der Waals surface area contributed by atoms with Gasteiger partial charge in [-0.3, -0.25) is 10.1 Å². The maximum Gasteiger partial charge on any atom is 0.350 e. The highest BCUT2D eigenvalue weighted by Crippen LogP contribution is 2.28. The molecule has 42 heavy (non-hydrogen) atoms. The second kappa shape index (κ2) is 14.7. The largest absolute Gasteiger partial charge is 0.466 e. The number of esters is 3. The minimum Gasteiger partial charge on any atom is -0.466 e. The van der Waals surface area contributed by atoms with E-state index >= 15 is 0 Å². The molecule has 0 bridgehead atoms. The van der Waals surface area contributed by atoms with E-state index in [4.69, 9.17) is 9.47 Å². The smallest absolute Gasteiger partial charge is 0.350 e. The standard InChI is InChI=1S/C30H28N4O8/c1-20(2)29(36)41-18-17-33(3)24-11-8-22(9-12-24)31-32-23-10-15-27(34(38)39)26(19-23)30(37)42-25-13-5-21(6-14-25)7-16-28(35)40-4/h5-16,19H,1,17-18H2,2-4H3/b16-7+,32-31?. The number of nitrogens with zero attached hydrogens (tertiary/aromatic N) is 4. The van der Waals surface area contributed by atoms with E-state index in [0.29, 0.717) is 23.4 Å². The molecular weight excluding hydrogens is 544 g/mol. The Hall–Kier alpha value is -5.65. The van der Waals surface area contributed by atoms with Gasteiger partial charge in [-0.25, -0.2) is 14.4 Å². The van der Waals surface area contributed by atoms with Crippen LogP contribution in [0.4, 0.5) is 22.7 Å². The number of methoxy groups -OCH3 is 1. The number of azo groups is 1. The van der Waals surface area contributed by atoms with Gasteiger partial charge >= 0.3 is 17.9 Å². The van der Waals surface area contributed by atoms with Gasteiger partial charge in [0.25, 0.3) is 5.69 Å². The molecule has 0 aliphatic rings. The Bertz CT molecular complexity index is 1530. The highest BCUT2D eigenvalue weighted by molar-refractivity contribution is 5.96. The van der Waals surface area contributed by atoms with Gasteiger partial charge in [-0.05, 0) is 67.1 Å². The van der Waals surface area contributed by atoms with E-state index in [1.54, 1.807) is 31.2 Å². The molecule has 0 spiro atoms. The van der Waals surface area contributed by atoms with Crippen molar-refractivity contribution in [3.05, 3.63) is 106 Å². The molecule has 0 aromatic heterocycles. The fourth-order valence-electron chi connectivity index (χ4n) is 3.37. The zero-order valence-corrected chi connectivity index (χ0v) is 23.2. The van der Waals surface area contributed by atoms with Crippen LogP contribution in [-0.4, -0.2) is 50.1 Å². The topological polar surface area (TPSA) is 150 Å². The summed E-state index contributed by atoms with van der Waals surface area (Å²) < 4.78 is 15.0. The van der Waals surface area contributed by atoms with E-state index in [1.807, 2.05) is 24.1 Å². The van der Waals surface area contributed by atoms with Crippen molar-refractivity contribution in [2.45, 2.75) is 6.92 Å². The van der Waals surface area contributed by atoms with Crippen LogP contribution in [-0.2, 0) is 19.1 Å². The third-order valence-electron chi connectivity index (χ3n) is 5.68. The van der Waals surface area contributed by atoms with Crippen molar-refractivity contribution in [2.24, 2.45) is 10.2 Å². The van der Waals surface area contributed by atoms with E-state index in [-0.39, 0.29) is 23.6 Å². The Balaban J connectivity index is 1.68. The zero-order valence-electron chi connectivity index (χ0n) is 23.2. The molecule has 0 fully saturated rings. The molecule has 0 radical (unpaired) electrons. The molecular formula is C30H28N4O8. The fraction of sp³-hybridized carbons (Fsp3) is 0.167. The van der Waals surface area contributed by atoms with Crippen LogP contribution in [0.25, 0.3) is 6.08 Å². The first kappa shape index (κ1) is 30.9. The SMILES string of the molecule is C=C(C)C(=O)OCCN(C)c1ccc(N=Nc2ccc([N+](=O)[O-])c(C(=O)Oc3ccc(/C=C/C(=O)OC)cc3)c2)cc1. The lowest BCUT2D eigenvalue weighted by atomic mass is 10.1. The normalized spacial score (nSPS) is 10.8. The number of likely N-dealkylation sites (N-methyl/N-ethyl adjacent to an activating group) is 1. The summed E-state index contributed by atoms with van der Waals surface area (Å²) in [6.07, 6.45) is 2.76. The lowest BCUT2D eigenvalue weighted by molar-refractivity contribution is -0.385. The molecule has 216 valence electrons. The molecule has 0 aliphatic carbocycles. The first-order valence-corrected chi connectivity index (χ1v) is 12.5. The number of anilines is 1. The van der Waals surface area contributed by atoms with Gasteiger partial charge in [0.1, 0.15) is 17.9 Å². The molecule has 0 atom stereocenters. The summed E-state index contributed by atoms with van der Waals surface area (Å²) in [6, 6.07) is 17.0. The lowest BCUT2D eigenvalue weighted by Gasteiger charge is -2.19. The van der Waals surface area contributed by atoms with E-state index < -0.39 is 28.5 Å². The van der Waals surface area contributed by atoms with Crippen molar-refractivity contribution in [1.29, 1.82) is 0 Å². The van der Waals surface area contributed by atoms with Gasteiger partial charge < -0.3 is 19.1 Å². The second-order valence-electron chi connectivity index (χ2n) is 8.83. The number of carbonyl (C=O) groups excluding carboxylic acids is 3. The van der Waals surface area contributed by atoms with Crippen LogP contribution in [0.5, 0.6) is 5.75 Å². The highest BCUT2D eigenvalue weighted by Gasteiger charge is 2.23. The molecule has 0 saturated carbocycles. The van der Waals surface area contributed by atoms with Gasteiger partial charge in [-0.2, -0.15) is 10.2 Å². The van der Waals surface area contributed by atoms with Crippen LogP contribution in [0.2, 0.25) is 0 Å². The van der Waals surface area contributed by atoms with E-state index in [2.05, 4.69) is 21.5 Å². The minimum atomic E-state index is -0.946. The van der Waals surface area contributed by atoms with Gasteiger partial charge in [0, 0.05) is 30.5 Å². The second-order valence-corrected chi connectivity index (χ2v) is 8.83. The molecule has 0 saturated heterocycles. The van der Waals surface area contributed by atoms with Crippen LogP contribution in [0, 0.1) is 10.1 Å². The number of hydrogen-bond donors (Lipinski definition) is 0. The van der Waals surface area contributed by atoms with Crippen LogP contribution < -0.4 is 9.64 Å². The van der Waals surface area contributed by atoms with Crippen molar-refractivity contribution in [2.75, 3.05) is 32.2 Å². The average molecular weight is 573 g/mol. The molecule has 0 aliphatic heterocycles. The van der Waals surface area contributed by atoms with E-state index in [0.717, 1.165) is 11.8 Å². The quantitative estimate of drug-likeness (QED) is 0.0638. The molecule has 12 nitrogen and oxygen atoms in total. The van der Waals surface area contributed by atoms with Gasteiger partial charge in [-0.1, -0.05) is 18.7 Å². The number of nitro groups is 1. The fourth-order valence-corrected chi connectivity index (χ4v) is 3.37. The van der Waals surface area contributed by atoms with Gasteiger partial charge in [0.15, 0.2) is 0 Å². The average Bonchev–Trinajstić information content (AvgIpc) is 2.99. The summed E-state index contributed by atoms with van der Waals surface area (Å²) in [6.45, 7) is 5.80. The number of benzene rings is 3. The molecule has 3 aromatic rings. The van der Waals surface area contributed by atoms with Gasteiger partial charge in [-0.15, -0.1) is 0 Å². The summed E-state index contributed by atoms with van der Waals surface area (Å²) in [4.78, 5) is 48.3. The number of carbonyl (C=O) groups is 3. The van der Waals surface area contributed by atoms with Gasteiger partial charge in [0.2, 0.25) is 0 Å². The van der Waals surface area contributed by atoms with E-state index in [9.17, 15) is 24.5 Å². The van der Waals surface area contributed by atoms with Crippen molar-refractivity contribution >= 4 is 46.7 Å². The summed E-state index contributed by atoms with van der Waals surface area (Å²) in [5, 5.41) is 19.8. The van der Waals surface area contributed by atoms with Crippen molar-refractivity contribution in [3.8, 4) is 5.75 Å². The predicted molar refractivity (Wildman–Crippen MR) is 155 cm³/mol. The summed E-state index contributed by atoms with van der Waals surface area (Å²) >= 11 is 0. The molecule has 0 unspecified atom stereocenters. The maximum absolute atomic E-state index is 12.8. The molecule has 3 rings (SSSR count). The zero-order chi connectivity index (χ0) is 30.6. The Kier molecular flexibility index (Phi) is 10.8. The monoisotopic (exact) mass is 572 g/mol. The Morgan fingerprint density at radius 2 is 1.64 bits per heavy atom. The molecule has 0 N–H and O–H groups in total. The predicted octanol–water partition coefficient (Wildman–Crippen LogP) is 5.97. The molecule has 0 heterocycles.